The number of carbonyl (C=O) groups is 1. The van der Waals surface area contributed by atoms with Crippen LogP contribution in [0.4, 0.5) is 5.69 Å². The van der Waals surface area contributed by atoms with Gasteiger partial charge in [-0.25, -0.2) is 9.79 Å². The van der Waals surface area contributed by atoms with Crippen molar-refractivity contribution in [2.75, 3.05) is 32.1 Å². The number of aliphatic imine (C=N–C) groups is 1. The Morgan fingerprint density at radius 3 is 2.45 bits per heavy atom. The maximum absolute atomic E-state index is 12.8. The SMILES string of the molecule is Cc1ccc(N=C(SCC(=O)N2CCOCC2)c2c(O)n(C)c(=O)n(C)c2=O)cc1C. The maximum atomic E-state index is 12.8. The molecule has 31 heavy (non-hydrogen) atoms. The Bertz CT molecular complexity index is 1150. The molecule has 1 aliphatic heterocycles. The van der Waals surface area contributed by atoms with E-state index in [0.29, 0.717) is 32.0 Å². The molecule has 1 aromatic heterocycles. The van der Waals surface area contributed by atoms with Crippen LogP contribution < -0.4 is 11.2 Å². The first-order valence-corrected chi connectivity index (χ1v) is 10.8. The standard InChI is InChI=1S/C21H26N4O5S/c1-13-5-6-15(11-14(13)2)22-18(31-12-16(26)25-7-9-30-10-8-25)17-19(27)23(3)21(29)24(4)20(17)28/h5-6,11,27H,7-10,12H2,1-4H3. The molecule has 166 valence electrons. The minimum absolute atomic E-state index is 0.0368. The van der Waals surface area contributed by atoms with Crippen molar-refractivity contribution in [1.29, 1.82) is 0 Å². The number of hydrogen-bond donors (Lipinski definition) is 1. The Hall–Kier alpha value is -2.85. The Labute approximate surface area is 184 Å². The van der Waals surface area contributed by atoms with Crippen LogP contribution in [0.15, 0.2) is 32.8 Å². The number of amides is 1. The number of hydrogen-bond acceptors (Lipinski definition) is 7. The van der Waals surface area contributed by atoms with Crippen LogP contribution >= 0.6 is 11.8 Å². The van der Waals surface area contributed by atoms with Gasteiger partial charge in [0.25, 0.3) is 5.56 Å². The predicted molar refractivity (Wildman–Crippen MR) is 121 cm³/mol. The van der Waals surface area contributed by atoms with E-state index in [1.165, 1.54) is 14.1 Å². The monoisotopic (exact) mass is 446 g/mol. The molecule has 1 amide bonds. The number of thioether (sulfide) groups is 1. The summed E-state index contributed by atoms with van der Waals surface area (Å²) in [5.74, 6) is -0.556. The van der Waals surface area contributed by atoms with E-state index in [1.54, 1.807) is 11.0 Å². The van der Waals surface area contributed by atoms with Crippen LogP contribution in [-0.2, 0) is 23.6 Å². The van der Waals surface area contributed by atoms with Crippen molar-refractivity contribution in [2.24, 2.45) is 19.1 Å². The van der Waals surface area contributed by atoms with Crippen LogP contribution in [0.25, 0.3) is 0 Å². The molecule has 1 fully saturated rings. The number of carbonyl (C=O) groups excluding carboxylic acids is 1. The average molecular weight is 447 g/mol. The fourth-order valence-corrected chi connectivity index (χ4v) is 4.06. The van der Waals surface area contributed by atoms with Gasteiger partial charge in [-0.1, -0.05) is 17.8 Å². The molecule has 0 spiro atoms. The minimum Gasteiger partial charge on any atom is -0.494 e. The maximum Gasteiger partial charge on any atom is 0.333 e. The van der Waals surface area contributed by atoms with Crippen LogP contribution in [-0.4, -0.2) is 62.1 Å². The van der Waals surface area contributed by atoms with Crippen molar-refractivity contribution < 1.29 is 14.6 Å². The molecule has 0 unspecified atom stereocenters. The van der Waals surface area contributed by atoms with Crippen molar-refractivity contribution in [3.63, 3.8) is 0 Å². The molecular formula is C21H26N4O5S. The number of rotatable bonds is 4. The Kier molecular flexibility index (Phi) is 7.01. The lowest BCUT2D eigenvalue weighted by molar-refractivity contribution is -0.132. The van der Waals surface area contributed by atoms with E-state index in [4.69, 9.17) is 4.74 Å². The molecule has 3 rings (SSSR count). The quantitative estimate of drug-likeness (QED) is 0.556. The van der Waals surface area contributed by atoms with Gasteiger partial charge in [-0.2, -0.15) is 0 Å². The van der Waals surface area contributed by atoms with Gasteiger partial charge < -0.3 is 14.7 Å². The Morgan fingerprint density at radius 2 is 1.81 bits per heavy atom. The third-order valence-corrected chi connectivity index (χ3v) is 6.22. The van der Waals surface area contributed by atoms with Crippen molar-refractivity contribution >= 4 is 28.4 Å². The van der Waals surface area contributed by atoms with Gasteiger partial charge in [-0.15, -0.1) is 0 Å². The molecular weight excluding hydrogens is 420 g/mol. The zero-order chi connectivity index (χ0) is 22.7. The molecule has 9 nitrogen and oxygen atoms in total. The predicted octanol–water partition coefficient (Wildman–Crippen LogP) is 1.08. The van der Waals surface area contributed by atoms with Gasteiger partial charge in [-0.3, -0.25) is 18.7 Å². The van der Waals surface area contributed by atoms with Crippen molar-refractivity contribution in [3.05, 3.63) is 55.7 Å². The van der Waals surface area contributed by atoms with Gasteiger partial charge in [0.1, 0.15) is 10.6 Å². The summed E-state index contributed by atoms with van der Waals surface area (Å²) in [6.07, 6.45) is 0. The third-order valence-electron chi connectivity index (χ3n) is 5.26. The molecule has 1 saturated heterocycles. The molecule has 0 aliphatic carbocycles. The van der Waals surface area contributed by atoms with Gasteiger partial charge in [0.05, 0.1) is 24.7 Å². The third kappa shape index (κ3) is 4.91. The van der Waals surface area contributed by atoms with E-state index in [1.807, 2.05) is 26.0 Å². The molecule has 1 N–H and O–H groups in total. The second kappa shape index (κ2) is 9.52. The average Bonchev–Trinajstić information content (AvgIpc) is 2.77. The summed E-state index contributed by atoms with van der Waals surface area (Å²) in [6, 6.07) is 5.58. The summed E-state index contributed by atoms with van der Waals surface area (Å²) in [5.41, 5.74) is 1.27. The van der Waals surface area contributed by atoms with Crippen LogP contribution in [0.1, 0.15) is 16.7 Å². The van der Waals surface area contributed by atoms with Gasteiger partial charge in [0.15, 0.2) is 0 Å². The molecule has 1 aromatic carbocycles. The summed E-state index contributed by atoms with van der Waals surface area (Å²) in [4.78, 5) is 43.9. The highest BCUT2D eigenvalue weighted by molar-refractivity contribution is 8.15. The summed E-state index contributed by atoms with van der Waals surface area (Å²) in [7, 11) is 2.71. The smallest absolute Gasteiger partial charge is 0.333 e. The Balaban J connectivity index is 2.04. The van der Waals surface area contributed by atoms with E-state index in [0.717, 1.165) is 32.0 Å². The van der Waals surface area contributed by atoms with E-state index < -0.39 is 17.1 Å². The minimum atomic E-state index is -0.672. The molecule has 0 bridgehead atoms. The van der Waals surface area contributed by atoms with E-state index in [9.17, 15) is 19.5 Å². The summed E-state index contributed by atoms with van der Waals surface area (Å²) in [5, 5.41) is 10.8. The number of aromatic hydroxyl groups is 1. The van der Waals surface area contributed by atoms with E-state index in [-0.39, 0.29) is 22.3 Å². The number of aromatic nitrogens is 2. The van der Waals surface area contributed by atoms with E-state index in [2.05, 4.69) is 4.99 Å². The first-order chi connectivity index (χ1) is 14.7. The molecule has 0 atom stereocenters. The molecule has 0 saturated carbocycles. The molecule has 2 aromatic rings. The number of nitrogens with zero attached hydrogens (tertiary/aromatic N) is 4. The highest BCUT2D eigenvalue weighted by Gasteiger charge is 2.23. The highest BCUT2D eigenvalue weighted by Crippen LogP contribution is 2.25. The fourth-order valence-electron chi connectivity index (χ4n) is 3.13. The molecule has 2 heterocycles. The largest absolute Gasteiger partial charge is 0.494 e. The summed E-state index contributed by atoms with van der Waals surface area (Å²) >= 11 is 1.06. The number of ether oxygens (including phenoxy) is 1. The highest BCUT2D eigenvalue weighted by atomic mass is 32.2. The van der Waals surface area contributed by atoms with Gasteiger partial charge in [0, 0.05) is 27.2 Å². The second-order valence-corrected chi connectivity index (χ2v) is 8.34. The van der Waals surface area contributed by atoms with Crippen LogP contribution in [0.5, 0.6) is 5.88 Å². The van der Waals surface area contributed by atoms with E-state index >= 15 is 0 Å². The van der Waals surface area contributed by atoms with Crippen LogP contribution in [0.3, 0.4) is 0 Å². The Morgan fingerprint density at radius 1 is 1.13 bits per heavy atom. The van der Waals surface area contributed by atoms with Crippen LogP contribution in [0, 0.1) is 13.8 Å². The van der Waals surface area contributed by atoms with Gasteiger partial charge in [-0.05, 0) is 37.1 Å². The second-order valence-electron chi connectivity index (χ2n) is 7.37. The zero-order valence-electron chi connectivity index (χ0n) is 18.0. The first kappa shape index (κ1) is 22.8. The number of morpholine rings is 1. The molecule has 1 aliphatic rings. The lowest BCUT2D eigenvalue weighted by atomic mass is 10.1. The summed E-state index contributed by atoms with van der Waals surface area (Å²) in [6.45, 7) is 5.93. The summed E-state index contributed by atoms with van der Waals surface area (Å²) < 4.78 is 7.17. The topological polar surface area (TPSA) is 106 Å². The van der Waals surface area contributed by atoms with Gasteiger partial charge in [0.2, 0.25) is 11.8 Å². The first-order valence-electron chi connectivity index (χ1n) is 9.84. The normalized spacial score (nSPS) is 14.7. The van der Waals surface area contributed by atoms with Crippen molar-refractivity contribution in [3.8, 4) is 5.88 Å². The number of benzene rings is 1. The lowest BCUT2D eigenvalue weighted by Crippen LogP contribution is -2.42. The van der Waals surface area contributed by atoms with Crippen molar-refractivity contribution in [1.82, 2.24) is 14.0 Å². The fraction of sp³-hybridized carbons (Fsp3) is 0.429. The molecule has 10 heteroatoms. The number of aryl methyl sites for hydroxylation is 2. The van der Waals surface area contributed by atoms with Gasteiger partial charge >= 0.3 is 5.69 Å². The van der Waals surface area contributed by atoms with Crippen LogP contribution in [0.2, 0.25) is 0 Å². The lowest BCUT2D eigenvalue weighted by Gasteiger charge is -2.26. The molecule has 0 radical (unpaired) electrons. The van der Waals surface area contributed by atoms with Crippen molar-refractivity contribution in [2.45, 2.75) is 13.8 Å². The zero-order valence-corrected chi connectivity index (χ0v) is 18.9.